The van der Waals surface area contributed by atoms with Gasteiger partial charge in [0.1, 0.15) is 0 Å². The first-order valence-corrected chi connectivity index (χ1v) is 11.6. The minimum atomic E-state index is -0.648. The summed E-state index contributed by atoms with van der Waals surface area (Å²) < 4.78 is 44.7. The number of rotatable bonds is 9. The molecule has 2 aromatic rings. The second-order valence-corrected chi connectivity index (χ2v) is 8.64. The first-order chi connectivity index (χ1) is 17.8. The summed E-state index contributed by atoms with van der Waals surface area (Å²) in [6, 6.07) is 6.84. The first-order valence-electron chi connectivity index (χ1n) is 11.6. The van der Waals surface area contributed by atoms with Crippen LogP contribution in [0, 0.1) is 11.8 Å². The van der Waals surface area contributed by atoms with Gasteiger partial charge in [0, 0.05) is 25.7 Å². The van der Waals surface area contributed by atoms with Crippen molar-refractivity contribution in [2.75, 3.05) is 41.3 Å². The lowest BCUT2D eigenvalue weighted by Gasteiger charge is -2.24. The highest BCUT2D eigenvalue weighted by Crippen LogP contribution is 2.54. The van der Waals surface area contributed by atoms with Crippen molar-refractivity contribution in [3.05, 3.63) is 35.4 Å². The van der Waals surface area contributed by atoms with Gasteiger partial charge in [0.2, 0.25) is 18.3 Å². The second-order valence-electron chi connectivity index (χ2n) is 8.64. The molecule has 2 aliphatic rings. The molecule has 0 unspecified atom stereocenters. The molecule has 2 heterocycles. The highest BCUT2D eigenvalue weighted by atomic mass is 16.7. The number of esters is 2. The summed E-state index contributed by atoms with van der Waals surface area (Å²) >= 11 is 0. The summed E-state index contributed by atoms with van der Waals surface area (Å²) in [5, 5.41) is 10.4. The number of aromatic hydroxyl groups is 1. The third-order valence-corrected chi connectivity index (χ3v) is 6.42. The molecule has 1 N–H and O–H groups in total. The van der Waals surface area contributed by atoms with E-state index in [1.165, 1.54) is 35.2 Å². The molecule has 0 saturated carbocycles. The molecule has 0 spiro atoms. The van der Waals surface area contributed by atoms with Crippen LogP contribution in [0.3, 0.4) is 0 Å². The molecule has 0 aliphatic carbocycles. The predicted octanol–water partition coefficient (Wildman–Crippen LogP) is 3.32. The standard InChI is InChI=1S/C26H30O11/c1-13(27)33-10-17-18(11-34-14(2)28)25(16-8-21(32-5)26-22(9-16)35-12-36-26)37-24(17)15-6-19(30-3)23(29)20(7-15)31-4/h6-9,17-18,24-25,29H,10-12H2,1-5H3/t17-,18-,24+,25+/m0/s1. The van der Waals surface area contributed by atoms with Crippen LogP contribution in [0.5, 0.6) is 34.5 Å². The van der Waals surface area contributed by atoms with E-state index in [4.69, 9.17) is 37.9 Å². The van der Waals surface area contributed by atoms with Gasteiger partial charge in [-0.2, -0.15) is 0 Å². The highest BCUT2D eigenvalue weighted by Gasteiger charge is 2.48. The van der Waals surface area contributed by atoms with E-state index in [-0.39, 0.29) is 37.3 Å². The molecule has 0 bridgehead atoms. The fraction of sp³-hybridized carbons (Fsp3) is 0.462. The largest absolute Gasteiger partial charge is 0.502 e. The number of hydrogen-bond donors (Lipinski definition) is 1. The number of phenols is 1. The third kappa shape index (κ3) is 5.31. The van der Waals surface area contributed by atoms with Gasteiger partial charge in [-0.1, -0.05) is 0 Å². The number of hydrogen-bond acceptors (Lipinski definition) is 11. The van der Waals surface area contributed by atoms with Crippen LogP contribution in [0.25, 0.3) is 0 Å². The molecule has 2 aliphatic heterocycles. The van der Waals surface area contributed by atoms with Crippen molar-refractivity contribution in [2.45, 2.75) is 26.1 Å². The molecule has 2 aromatic carbocycles. The molecule has 0 radical (unpaired) electrons. The Bertz CT molecular complexity index is 1100. The van der Waals surface area contributed by atoms with E-state index in [2.05, 4.69) is 0 Å². The molecule has 0 amide bonds. The quantitative estimate of drug-likeness (QED) is 0.491. The van der Waals surface area contributed by atoms with Crippen LogP contribution in [-0.2, 0) is 23.8 Å². The zero-order valence-corrected chi connectivity index (χ0v) is 21.3. The Balaban J connectivity index is 1.81. The van der Waals surface area contributed by atoms with Crippen molar-refractivity contribution in [3.8, 4) is 34.5 Å². The molecular formula is C26H30O11. The smallest absolute Gasteiger partial charge is 0.302 e. The summed E-state index contributed by atoms with van der Waals surface area (Å²) in [4.78, 5) is 23.5. The molecule has 200 valence electrons. The Kier molecular flexibility index (Phi) is 7.82. The second kappa shape index (κ2) is 11.0. The van der Waals surface area contributed by atoms with E-state index in [0.717, 1.165) is 0 Å². The van der Waals surface area contributed by atoms with Crippen molar-refractivity contribution in [1.29, 1.82) is 0 Å². The Morgan fingerprint density at radius 3 is 1.78 bits per heavy atom. The summed E-state index contributed by atoms with van der Waals surface area (Å²) in [5.74, 6) is -0.108. The SMILES string of the molecule is COc1cc([C@H]2O[C@H](c3cc(OC)c4c(c3)OCO4)[C@@H](COC(C)=O)[C@@H]2COC(C)=O)cc(OC)c1O. The van der Waals surface area contributed by atoms with Crippen LogP contribution >= 0.6 is 0 Å². The fourth-order valence-corrected chi connectivity index (χ4v) is 4.70. The average molecular weight is 519 g/mol. The maximum atomic E-state index is 11.8. The molecule has 1 fully saturated rings. The molecule has 37 heavy (non-hydrogen) atoms. The van der Waals surface area contributed by atoms with Gasteiger partial charge in [-0.05, 0) is 35.4 Å². The van der Waals surface area contributed by atoms with Crippen molar-refractivity contribution >= 4 is 11.9 Å². The third-order valence-electron chi connectivity index (χ3n) is 6.42. The van der Waals surface area contributed by atoms with Gasteiger partial charge in [0.15, 0.2) is 23.0 Å². The number of benzene rings is 2. The van der Waals surface area contributed by atoms with Crippen molar-refractivity contribution in [2.24, 2.45) is 11.8 Å². The summed E-state index contributed by atoms with van der Waals surface area (Å²) in [6.07, 6.45) is -1.26. The minimum absolute atomic E-state index is 0.00434. The Labute approximate surface area is 214 Å². The summed E-state index contributed by atoms with van der Waals surface area (Å²) in [7, 11) is 4.37. The van der Waals surface area contributed by atoms with Gasteiger partial charge in [0.25, 0.3) is 0 Å². The number of methoxy groups -OCH3 is 3. The summed E-state index contributed by atoms with van der Waals surface area (Å²) in [5.41, 5.74) is 1.32. The van der Waals surface area contributed by atoms with E-state index >= 15 is 0 Å². The van der Waals surface area contributed by atoms with Gasteiger partial charge >= 0.3 is 11.9 Å². The van der Waals surface area contributed by atoms with Crippen LogP contribution in [0.4, 0.5) is 0 Å². The van der Waals surface area contributed by atoms with E-state index in [0.29, 0.717) is 28.4 Å². The molecule has 4 rings (SSSR count). The van der Waals surface area contributed by atoms with Gasteiger partial charge in [-0.15, -0.1) is 0 Å². The average Bonchev–Trinajstić information content (AvgIpc) is 3.50. The Morgan fingerprint density at radius 2 is 1.30 bits per heavy atom. The van der Waals surface area contributed by atoms with Gasteiger partial charge in [-0.3, -0.25) is 9.59 Å². The molecule has 11 heteroatoms. The normalized spacial score (nSPS) is 21.9. The van der Waals surface area contributed by atoms with E-state index < -0.39 is 36.0 Å². The predicted molar refractivity (Wildman–Crippen MR) is 127 cm³/mol. The maximum Gasteiger partial charge on any atom is 0.302 e. The van der Waals surface area contributed by atoms with E-state index in [1.54, 1.807) is 24.3 Å². The zero-order valence-electron chi connectivity index (χ0n) is 21.3. The monoisotopic (exact) mass is 518 g/mol. The lowest BCUT2D eigenvalue weighted by atomic mass is 9.83. The first kappa shape index (κ1) is 26.2. The lowest BCUT2D eigenvalue weighted by molar-refractivity contribution is -0.146. The lowest BCUT2D eigenvalue weighted by Crippen LogP contribution is -2.27. The molecular weight excluding hydrogens is 488 g/mol. The van der Waals surface area contributed by atoms with Crippen LogP contribution < -0.4 is 23.7 Å². The van der Waals surface area contributed by atoms with Gasteiger partial charge in [-0.25, -0.2) is 0 Å². The topological polar surface area (TPSA) is 128 Å². The number of phenolic OH excluding ortho intramolecular Hbond substituents is 1. The minimum Gasteiger partial charge on any atom is -0.502 e. The van der Waals surface area contributed by atoms with Crippen molar-refractivity contribution in [1.82, 2.24) is 0 Å². The zero-order chi connectivity index (χ0) is 26.7. The fourth-order valence-electron chi connectivity index (χ4n) is 4.70. The molecule has 4 atom stereocenters. The highest BCUT2D eigenvalue weighted by molar-refractivity contribution is 5.66. The van der Waals surface area contributed by atoms with Crippen LogP contribution in [-0.4, -0.2) is 58.4 Å². The van der Waals surface area contributed by atoms with Crippen LogP contribution in [0.1, 0.15) is 37.2 Å². The van der Waals surface area contributed by atoms with E-state index in [1.807, 2.05) is 0 Å². The number of fused-ring (bicyclic) bond motifs is 1. The summed E-state index contributed by atoms with van der Waals surface area (Å²) in [6.45, 7) is 2.70. The Hall–Kier alpha value is -3.86. The number of carbonyl (C=O) groups is 2. The molecule has 11 nitrogen and oxygen atoms in total. The van der Waals surface area contributed by atoms with Crippen molar-refractivity contribution in [3.63, 3.8) is 0 Å². The van der Waals surface area contributed by atoms with Crippen molar-refractivity contribution < 1.29 is 52.6 Å². The Morgan fingerprint density at radius 1 is 0.811 bits per heavy atom. The number of carbonyl (C=O) groups excluding carboxylic acids is 2. The molecule has 1 saturated heterocycles. The van der Waals surface area contributed by atoms with Crippen LogP contribution in [0.15, 0.2) is 24.3 Å². The van der Waals surface area contributed by atoms with Gasteiger partial charge in [0.05, 0.1) is 46.8 Å². The number of ether oxygens (including phenoxy) is 8. The van der Waals surface area contributed by atoms with E-state index in [9.17, 15) is 14.7 Å². The van der Waals surface area contributed by atoms with Crippen LogP contribution in [0.2, 0.25) is 0 Å². The van der Waals surface area contributed by atoms with Gasteiger partial charge < -0.3 is 43.0 Å². The molecule has 0 aromatic heterocycles. The maximum absolute atomic E-state index is 11.8.